The summed E-state index contributed by atoms with van der Waals surface area (Å²) in [6, 6.07) is -0.744. The molecule has 0 aromatic carbocycles. The maximum atomic E-state index is 12.1. The van der Waals surface area contributed by atoms with Gasteiger partial charge < -0.3 is 15.4 Å². The van der Waals surface area contributed by atoms with E-state index in [0.717, 1.165) is 32.2 Å². The number of nitrogens with one attached hydrogen (secondary N) is 2. The van der Waals surface area contributed by atoms with Crippen molar-refractivity contribution in [1.82, 2.24) is 10.6 Å². The average Bonchev–Trinajstić information content (AvgIpc) is 2.63. The highest BCUT2D eigenvalue weighted by molar-refractivity contribution is 5.87. The highest BCUT2D eigenvalue weighted by Crippen LogP contribution is 2.10. The first-order valence-electron chi connectivity index (χ1n) is 6.68. The van der Waals surface area contributed by atoms with Crippen LogP contribution >= 0.6 is 0 Å². The van der Waals surface area contributed by atoms with E-state index in [4.69, 9.17) is 4.74 Å². The fourth-order valence-electron chi connectivity index (χ4n) is 2.13. The standard InChI is InChI=1S/C13H24N2O3/c1-9(2)11(13(17)18-3)15-12(16)10-7-5-4-6-8-14-10/h9-11,14H,4-8H2,1-3H3,(H,15,16)/t10?,11-/m0/s1. The van der Waals surface area contributed by atoms with Crippen LogP contribution in [-0.4, -0.2) is 37.6 Å². The van der Waals surface area contributed by atoms with Gasteiger partial charge in [0.1, 0.15) is 6.04 Å². The number of ether oxygens (including phenoxy) is 1. The van der Waals surface area contributed by atoms with E-state index in [9.17, 15) is 9.59 Å². The molecule has 0 radical (unpaired) electrons. The van der Waals surface area contributed by atoms with Gasteiger partial charge in [-0.05, 0) is 25.3 Å². The van der Waals surface area contributed by atoms with Crippen LogP contribution in [0.2, 0.25) is 0 Å². The number of hydrogen-bond acceptors (Lipinski definition) is 4. The van der Waals surface area contributed by atoms with Crippen molar-refractivity contribution in [3.05, 3.63) is 0 Å². The predicted octanol–water partition coefficient (Wildman–Crippen LogP) is 0.832. The Bertz CT molecular complexity index is 284. The van der Waals surface area contributed by atoms with E-state index in [1.165, 1.54) is 7.11 Å². The zero-order chi connectivity index (χ0) is 13.5. The highest BCUT2D eigenvalue weighted by atomic mass is 16.5. The lowest BCUT2D eigenvalue weighted by Crippen LogP contribution is -2.52. The first-order valence-corrected chi connectivity index (χ1v) is 6.68. The molecule has 1 aliphatic rings. The predicted molar refractivity (Wildman–Crippen MR) is 69.0 cm³/mol. The number of hydrogen-bond donors (Lipinski definition) is 2. The fourth-order valence-corrected chi connectivity index (χ4v) is 2.13. The SMILES string of the molecule is COC(=O)[C@@H](NC(=O)C1CCCCCN1)C(C)C. The molecule has 5 nitrogen and oxygen atoms in total. The Morgan fingerprint density at radius 2 is 2.00 bits per heavy atom. The molecule has 5 heteroatoms. The second-order valence-electron chi connectivity index (χ2n) is 5.11. The molecule has 2 N–H and O–H groups in total. The molecule has 0 aliphatic carbocycles. The molecule has 0 bridgehead atoms. The molecule has 1 heterocycles. The van der Waals surface area contributed by atoms with Crippen molar-refractivity contribution in [3.8, 4) is 0 Å². The van der Waals surface area contributed by atoms with E-state index in [1.807, 2.05) is 13.8 Å². The molecule has 18 heavy (non-hydrogen) atoms. The first-order chi connectivity index (χ1) is 8.56. The molecule has 1 saturated heterocycles. The van der Waals surface area contributed by atoms with Crippen LogP contribution in [0.5, 0.6) is 0 Å². The topological polar surface area (TPSA) is 67.4 Å². The Balaban J connectivity index is 2.56. The molecule has 2 atom stereocenters. The van der Waals surface area contributed by atoms with Gasteiger partial charge in [0.25, 0.3) is 0 Å². The number of carbonyl (C=O) groups is 2. The van der Waals surface area contributed by atoms with E-state index in [-0.39, 0.29) is 23.8 Å². The van der Waals surface area contributed by atoms with Crippen LogP contribution in [0.1, 0.15) is 39.5 Å². The summed E-state index contributed by atoms with van der Waals surface area (Å²) in [6.07, 6.45) is 4.14. The number of esters is 1. The molecule has 0 aromatic rings. The van der Waals surface area contributed by atoms with Gasteiger partial charge in [-0.15, -0.1) is 0 Å². The quantitative estimate of drug-likeness (QED) is 0.731. The Morgan fingerprint density at radius 1 is 1.28 bits per heavy atom. The molecule has 1 unspecified atom stereocenters. The molecule has 0 saturated carbocycles. The third kappa shape index (κ3) is 4.29. The molecule has 1 fully saturated rings. The normalized spacial score (nSPS) is 22.1. The van der Waals surface area contributed by atoms with Gasteiger partial charge in [0, 0.05) is 0 Å². The van der Waals surface area contributed by atoms with Crippen LogP contribution < -0.4 is 10.6 Å². The molecule has 0 aromatic heterocycles. The second kappa shape index (κ2) is 7.36. The largest absolute Gasteiger partial charge is 0.467 e. The molecule has 1 rings (SSSR count). The van der Waals surface area contributed by atoms with Crippen molar-refractivity contribution < 1.29 is 14.3 Å². The molecule has 0 spiro atoms. The lowest BCUT2D eigenvalue weighted by Gasteiger charge is -2.23. The van der Waals surface area contributed by atoms with Crippen LogP contribution in [0.15, 0.2) is 0 Å². The lowest BCUT2D eigenvalue weighted by atomic mass is 10.0. The number of methoxy groups -OCH3 is 1. The number of amides is 1. The average molecular weight is 256 g/mol. The summed E-state index contributed by atoms with van der Waals surface area (Å²) in [5, 5.41) is 6.01. The Labute approximate surface area is 109 Å². The molecular formula is C13H24N2O3. The van der Waals surface area contributed by atoms with Crippen LogP contribution in [-0.2, 0) is 14.3 Å². The van der Waals surface area contributed by atoms with Crippen LogP contribution in [0.4, 0.5) is 0 Å². The van der Waals surface area contributed by atoms with Crippen LogP contribution in [0, 0.1) is 5.92 Å². The Morgan fingerprint density at radius 3 is 2.61 bits per heavy atom. The van der Waals surface area contributed by atoms with Gasteiger partial charge >= 0.3 is 5.97 Å². The molecule has 1 amide bonds. The van der Waals surface area contributed by atoms with Crippen molar-refractivity contribution in [2.45, 2.75) is 51.6 Å². The van der Waals surface area contributed by atoms with Gasteiger partial charge in [-0.25, -0.2) is 4.79 Å². The smallest absolute Gasteiger partial charge is 0.328 e. The van der Waals surface area contributed by atoms with Crippen LogP contribution in [0.25, 0.3) is 0 Å². The van der Waals surface area contributed by atoms with Crippen molar-refractivity contribution in [2.24, 2.45) is 5.92 Å². The maximum absolute atomic E-state index is 12.1. The van der Waals surface area contributed by atoms with E-state index >= 15 is 0 Å². The van der Waals surface area contributed by atoms with Gasteiger partial charge in [0.2, 0.25) is 5.91 Å². The van der Waals surface area contributed by atoms with Gasteiger partial charge in [-0.2, -0.15) is 0 Å². The van der Waals surface area contributed by atoms with Crippen molar-refractivity contribution in [3.63, 3.8) is 0 Å². The molecule has 104 valence electrons. The minimum atomic E-state index is -0.562. The summed E-state index contributed by atoms with van der Waals surface area (Å²) >= 11 is 0. The van der Waals surface area contributed by atoms with Crippen molar-refractivity contribution in [1.29, 1.82) is 0 Å². The van der Waals surface area contributed by atoms with Gasteiger partial charge in [0.15, 0.2) is 0 Å². The van der Waals surface area contributed by atoms with Gasteiger partial charge in [-0.3, -0.25) is 4.79 Å². The summed E-state index contributed by atoms with van der Waals surface area (Å²) in [5.41, 5.74) is 0. The number of carbonyl (C=O) groups excluding carboxylic acids is 2. The summed E-state index contributed by atoms with van der Waals surface area (Å²) < 4.78 is 4.71. The third-order valence-electron chi connectivity index (χ3n) is 3.30. The van der Waals surface area contributed by atoms with E-state index < -0.39 is 6.04 Å². The lowest BCUT2D eigenvalue weighted by molar-refractivity contribution is -0.146. The van der Waals surface area contributed by atoms with Crippen LogP contribution in [0.3, 0.4) is 0 Å². The first kappa shape index (κ1) is 15.0. The third-order valence-corrected chi connectivity index (χ3v) is 3.30. The Hall–Kier alpha value is -1.10. The Kier molecular flexibility index (Phi) is 6.12. The summed E-state index contributed by atoms with van der Waals surface area (Å²) in [7, 11) is 1.34. The fraction of sp³-hybridized carbons (Fsp3) is 0.846. The summed E-state index contributed by atoms with van der Waals surface area (Å²) in [5.74, 6) is -0.458. The highest BCUT2D eigenvalue weighted by Gasteiger charge is 2.28. The summed E-state index contributed by atoms with van der Waals surface area (Å²) in [4.78, 5) is 23.7. The van der Waals surface area contributed by atoms with Crippen molar-refractivity contribution in [2.75, 3.05) is 13.7 Å². The molecule has 1 aliphatic heterocycles. The summed E-state index contributed by atoms with van der Waals surface area (Å²) in [6.45, 7) is 4.65. The van der Waals surface area contributed by atoms with Gasteiger partial charge in [-0.1, -0.05) is 26.7 Å². The monoisotopic (exact) mass is 256 g/mol. The molecular weight excluding hydrogens is 232 g/mol. The van der Waals surface area contributed by atoms with Crippen molar-refractivity contribution >= 4 is 11.9 Å². The minimum Gasteiger partial charge on any atom is -0.467 e. The van der Waals surface area contributed by atoms with E-state index in [1.54, 1.807) is 0 Å². The zero-order valence-corrected chi connectivity index (χ0v) is 11.5. The van der Waals surface area contributed by atoms with E-state index in [2.05, 4.69) is 10.6 Å². The maximum Gasteiger partial charge on any atom is 0.328 e. The number of rotatable bonds is 4. The minimum absolute atomic E-state index is 0.0205. The zero-order valence-electron chi connectivity index (χ0n) is 11.5. The van der Waals surface area contributed by atoms with Gasteiger partial charge in [0.05, 0.1) is 13.2 Å². The second-order valence-corrected chi connectivity index (χ2v) is 5.11. The van der Waals surface area contributed by atoms with E-state index in [0.29, 0.717) is 0 Å².